The van der Waals surface area contributed by atoms with Crippen LogP contribution in [-0.4, -0.2) is 39.0 Å². The van der Waals surface area contributed by atoms with Crippen LogP contribution in [0.4, 0.5) is 0 Å². The molecule has 0 saturated carbocycles. The first-order chi connectivity index (χ1) is 32.0. The molecule has 0 amide bonds. The third kappa shape index (κ3) is 8.03. The van der Waals surface area contributed by atoms with Crippen molar-refractivity contribution in [3.8, 4) is 71.3 Å². The fraction of sp³-hybridized carbons (Fsp3) is 0.320. The Hall–Kier alpha value is -3.51. The van der Waals surface area contributed by atoms with Crippen molar-refractivity contribution in [3.05, 3.63) is 83.8 Å². The van der Waals surface area contributed by atoms with Crippen LogP contribution in [0, 0.1) is 11.8 Å². The summed E-state index contributed by atoms with van der Waals surface area (Å²) in [6.45, 7) is 9.56. The maximum absolute atomic E-state index is 5.20. The van der Waals surface area contributed by atoms with Crippen molar-refractivity contribution in [2.45, 2.75) is 88.9 Å². The number of thiophene rings is 6. The van der Waals surface area contributed by atoms with E-state index in [1.807, 2.05) is 22.7 Å². The SMILES string of the molecule is CCCCC(CC)CS1(CC(CC)CCCC)c2cc(-c3cnc(-c4ccc(-c5cccs5)s4)c4nsnc34)sc2-c2sc(-c3cnc(-c4ccc(-c5cccs5)s4)c4nsnc34)cc21. The molecule has 2 unspecified atom stereocenters. The van der Waals surface area contributed by atoms with E-state index in [-0.39, 0.29) is 0 Å². The van der Waals surface area contributed by atoms with Gasteiger partial charge in [-0.2, -0.15) is 27.5 Å². The van der Waals surface area contributed by atoms with E-state index >= 15 is 0 Å². The molecule has 1 aliphatic rings. The molecule has 11 heterocycles. The van der Waals surface area contributed by atoms with Crippen molar-refractivity contribution in [2.75, 3.05) is 11.5 Å². The van der Waals surface area contributed by atoms with Gasteiger partial charge in [-0.1, -0.05) is 78.4 Å². The van der Waals surface area contributed by atoms with Crippen molar-refractivity contribution >= 4 is 124 Å². The van der Waals surface area contributed by atoms with Crippen LogP contribution in [0.1, 0.15) is 79.1 Å². The minimum atomic E-state index is -1.44. The van der Waals surface area contributed by atoms with Crippen LogP contribution in [0.5, 0.6) is 0 Å². The van der Waals surface area contributed by atoms with Crippen LogP contribution in [0.25, 0.3) is 93.4 Å². The monoisotopic (exact) mass is 1020 g/mol. The molecule has 0 fully saturated rings. The van der Waals surface area contributed by atoms with Gasteiger partial charge in [0.1, 0.15) is 33.5 Å². The number of nitrogens with zero attached hydrogens (tertiary/aromatic N) is 6. The lowest BCUT2D eigenvalue weighted by Gasteiger charge is -2.42. The Bertz CT molecular complexity index is 3000. The van der Waals surface area contributed by atoms with Gasteiger partial charge in [-0.05, 0) is 95.5 Å². The maximum Gasteiger partial charge on any atom is 0.132 e. The molecule has 65 heavy (non-hydrogen) atoms. The molecule has 10 aromatic rings. The van der Waals surface area contributed by atoms with Crippen LogP contribution >= 0.6 is 102 Å². The van der Waals surface area contributed by atoms with Gasteiger partial charge in [0.25, 0.3) is 0 Å². The van der Waals surface area contributed by atoms with Crippen molar-refractivity contribution in [1.82, 2.24) is 27.5 Å². The average Bonchev–Trinajstić information content (AvgIpc) is 4.16. The maximum atomic E-state index is 5.20. The van der Waals surface area contributed by atoms with Crippen molar-refractivity contribution in [2.24, 2.45) is 11.8 Å². The largest absolute Gasteiger partial charge is 0.252 e. The Balaban J connectivity index is 1.05. The van der Waals surface area contributed by atoms with Gasteiger partial charge in [0.15, 0.2) is 0 Å². The van der Waals surface area contributed by atoms with Crippen molar-refractivity contribution < 1.29 is 0 Å². The molecule has 10 aromatic heterocycles. The topological polar surface area (TPSA) is 77.3 Å². The minimum absolute atomic E-state index is 0.666. The van der Waals surface area contributed by atoms with Crippen LogP contribution < -0.4 is 0 Å². The van der Waals surface area contributed by atoms with Gasteiger partial charge in [-0.15, -0.1) is 68.0 Å². The predicted molar refractivity (Wildman–Crippen MR) is 290 cm³/mol. The molecule has 2 atom stereocenters. The normalized spacial score (nSPS) is 14.6. The molecular weight excluding hydrogens is 973 g/mol. The molecule has 332 valence electrons. The van der Waals surface area contributed by atoms with Crippen molar-refractivity contribution in [1.29, 1.82) is 0 Å². The smallest absolute Gasteiger partial charge is 0.132 e. The Morgan fingerprint density at radius 2 is 0.938 bits per heavy atom. The minimum Gasteiger partial charge on any atom is -0.252 e. The molecule has 0 bridgehead atoms. The second-order valence-electron chi connectivity index (χ2n) is 16.9. The molecule has 0 aromatic carbocycles. The highest BCUT2D eigenvalue weighted by atomic mass is 32.3. The van der Waals surface area contributed by atoms with Crippen LogP contribution in [0.3, 0.4) is 0 Å². The Morgan fingerprint density at radius 1 is 0.492 bits per heavy atom. The van der Waals surface area contributed by atoms with Crippen LogP contribution in [0.2, 0.25) is 0 Å². The lowest BCUT2D eigenvalue weighted by molar-refractivity contribution is 0.484. The van der Waals surface area contributed by atoms with E-state index in [0.717, 1.165) is 54.3 Å². The second-order valence-corrected chi connectivity index (χ2v) is 27.4. The predicted octanol–water partition coefficient (Wildman–Crippen LogP) is 18.5. The lowest BCUT2D eigenvalue weighted by atomic mass is 10.0. The summed E-state index contributed by atoms with van der Waals surface area (Å²) in [6.07, 6.45) is 14.2. The first-order valence-electron chi connectivity index (χ1n) is 22.6. The van der Waals surface area contributed by atoms with Gasteiger partial charge in [0, 0.05) is 62.6 Å². The highest BCUT2D eigenvalue weighted by Gasteiger charge is 2.45. The van der Waals surface area contributed by atoms with E-state index in [1.54, 1.807) is 55.1 Å². The van der Waals surface area contributed by atoms with Crippen LogP contribution in [-0.2, 0) is 0 Å². The molecule has 1 aliphatic heterocycles. The Labute approximate surface area is 414 Å². The first kappa shape index (κ1) is 44.0. The molecule has 0 saturated heterocycles. The van der Waals surface area contributed by atoms with E-state index < -0.39 is 10.0 Å². The van der Waals surface area contributed by atoms with Crippen molar-refractivity contribution in [3.63, 3.8) is 0 Å². The molecule has 0 radical (unpaired) electrons. The van der Waals surface area contributed by atoms with Gasteiger partial charge >= 0.3 is 0 Å². The highest BCUT2D eigenvalue weighted by Crippen LogP contribution is 2.77. The quantitative estimate of drug-likeness (QED) is 0.0852. The molecule has 0 spiro atoms. The number of hydrogen-bond donors (Lipinski definition) is 0. The summed E-state index contributed by atoms with van der Waals surface area (Å²) in [5.74, 6) is 3.81. The molecule has 11 rings (SSSR count). The molecule has 0 N–H and O–H groups in total. The third-order valence-corrected chi connectivity index (χ3v) is 25.4. The van der Waals surface area contributed by atoms with Gasteiger partial charge in [-0.3, -0.25) is 9.97 Å². The van der Waals surface area contributed by atoms with Gasteiger partial charge < -0.3 is 0 Å². The van der Waals surface area contributed by atoms with Gasteiger partial charge in [0.2, 0.25) is 0 Å². The number of pyridine rings is 2. The zero-order valence-electron chi connectivity index (χ0n) is 36.7. The number of rotatable bonds is 18. The fourth-order valence-electron chi connectivity index (χ4n) is 9.36. The first-order valence-corrected chi connectivity index (χ1v) is 31.0. The summed E-state index contributed by atoms with van der Waals surface area (Å²) in [4.78, 5) is 26.4. The summed E-state index contributed by atoms with van der Waals surface area (Å²) in [5.41, 5.74) is 7.76. The average molecular weight is 1020 g/mol. The van der Waals surface area contributed by atoms with Gasteiger partial charge in [0.05, 0.1) is 43.0 Å². The molecule has 15 heteroatoms. The summed E-state index contributed by atoms with van der Waals surface area (Å²) in [5, 5.41) is 4.28. The zero-order chi connectivity index (χ0) is 44.1. The summed E-state index contributed by atoms with van der Waals surface area (Å²) in [6, 6.07) is 22.6. The van der Waals surface area contributed by atoms with Crippen LogP contribution in [0.15, 0.2) is 93.6 Å². The highest BCUT2D eigenvalue weighted by molar-refractivity contribution is 8.34. The Kier molecular flexibility index (Phi) is 12.8. The van der Waals surface area contributed by atoms with E-state index in [1.165, 1.54) is 125 Å². The molecular formula is C50H48N6S9. The number of aromatic nitrogens is 6. The molecule has 0 aliphatic carbocycles. The summed E-state index contributed by atoms with van der Waals surface area (Å²) < 4.78 is 19.8. The van der Waals surface area contributed by atoms with E-state index in [2.05, 4.69) is 112 Å². The van der Waals surface area contributed by atoms with E-state index in [0.29, 0.717) is 11.8 Å². The Morgan fingerprint density at radius 3 is 1.35 bits per heavy atom. The lowest BCUT2D eigenvalue weighted by Crippen LogP contribution is -2.20. The third-order valence-electron chi connectivity index (χ3n) is 12.9. The number of hydrogen-bond acceptors (Lipinski definition) is 14. The summed E-state index contributed by atoms with van der Waals surface area (Å²) in [7, 11) is -1.44. The van der Waals surface area contributed by atoms with Gasteiger partial charge in [-0.25, -0.2) is 0 Å². The standard InChI is InChI=1S/C50H48N6S9/c1-5-9-13-29(7-3)27-65(28-30(8-4)14-10-6-2)41-23-39(31-25-51-45(47-43(31)53-63-55-47)37-19-17-35(59-37)33-15-11-21-57-33)61-49(41)50-42(65)24-40(62-50)32-26-52-46(48-44(32)54-64-56-48)38-20-18-36(60-38)34-16-12-22-58-34/h11-12,15-26,29-30H,5-10,13-14,27-28H2,1-4H3. The fourth-order valence-corrected chi connectivity index (χ4v) is 23.0. The molecule has 6 nitrogen and oxygen atoms in total. The zero-order valence-corrected chi connectivity index (χ0v) is 44.0. The second kappa shape index (κ2) is 18.9. The number of fused-ring (bicyclic) bond motifs is 5. The van der Waals surface area contributed by atoms with E-state index in [4.69, 9.17) is 27.5 Å². The van der Waals surface area contributed by atoms with E-state index in [9.17, 15) is 0 Å². The number of unbranched alkanes of at least 4 members (excludes halogenated alkanes) is 2. The summed E-state index contributed by atoms with van der Waals surface area (Å²) >= 11 is 13.6.